The Kier molecular flexibility index (Phi) is 4.70. The number of phenolic OH excluding ortho intramolecular Hbond substituents is 2. The Morgan fingerprint density at radius 2 is 1.68 bits per heavy atom. The van der Waals surface area contributed by atoms with E-state index < -0.39 is 0 Å². The summed E-state index contributed by atoms with van der Waals surface area (Å²) in [5, 5.41) is 19.1. The van der Waals surface area contributed by atoms with Gasteiger partial charge < -0.3 is 14.9 Å². The first-order valence-corrected chi connectivity index (χ1v) is 8.01. The first-order chi connectivity index (χ1) is 12.1. The normalized spacial score (nSPS) is 10.4. The maximum Gasteiger partial charge on any atom is 0.196 e. The molecule has 0 aliphatic carbocycles. The van der Waals surface area contributed by atoms with E-state index in [1.807, 2.05) is 24.3 Å². The molecular weight excluding hydrogens is 316 g/mol. The molecule has 4 heteroatoms. The lowest BCUT2D eigenvalue weighted by molar-refractivity contribution is 0.103. The van der Waals surface area contributed by atoms with Crippen molar-refractivity contribution in [2.24, 2.45) is 0 Å². The fourth-order valence-electron chi connectivity index (χ4n) is 2.56. The molecular formula is C21H18O4. The van der Waals surface area contributed by atoms with Gasteiger partial charge in [-0.25, -0.2) is 0 Å². The minimum Gasteiger partial charge on any atom is -0.508 e. The number of carbonyl (C=O) groups is 1. The largest absolute Gasteiger partial charge is 0.508 e. The number of phenols is 2. The van der Waals surface area contributed by atoms with Gasteiger partial charge in [0.05, 0.1) is 5.56 Å². The summed E-state index contributed by atoms with van der Waals surface area (Å²) < 4.78 is 5.89. The van der Waals surface area contributed by atoms with E-state index in [1.165, 1.54) is 12.1 Å². The standard InChI is InChI=1S/C21H18O4/c1-2-14-5-3-4-6-20(14)25-17-10-7-15(8-11-17)21(24)18-12-9-16(22)13-19(18)23/h3-13,22-23H,2H2,1H3. The molecule has 4 nitrogen and oxygen atoms in total. The van der Waals surface area contributed by atoms with Crippen LogP contribution in [-0.4, -0.2) is 16.0 Å². The first-order valence-electron chi connectivity index (χ1n) is 8.01. The highest BCUT2D eigenvalue weighted by atomic mass is 16.5. The van der Waals surface area contributed by atoms with Crippen LogP contribution in [0, 0.1) is 0 Å². The summed E-state index contributed by atoms with van der Waals surface area (Å²) in [6.45, 7) is 2.06. The van der Waals surface area contributed by atoms with E-state index in [4.69, 9.17) is 4.74 Å². The van der Waals surface area contributed by atoms with Gasteiger partial charge in [0.2, 0.25) is 0 Å². The molecule has 0 saturated carbocycles. The van der Waals surface area contributed by atoms with Crippen LogP contribution in [0.3, 0.4) is 0 Å². The van der Waals surface area contributed by atoms with E-state index in [0.29, 0.717) is 11.3 Å². The highest BCUT2D eigenvalue weighted by Gasteiger charge is 2.14. The number of benzene rings is 3. The molecule has 3 rings (SSSR count). The van der Waals surface area contributed by atoms with E-state index in [-0.39, 0.29) is 22.8 Å². The van der Waals surface area contributed by atoms with Crippen molar-refractivity contribution in [3.63, 3.8) is 0 Å². The Labute approximate surface area is 146 Å². The van der Waals surface area contributed by atoms with Gasteiger partial charge in [-0.05, 0) is 54.4 Å². The molecule has 25 heavy (non-hydrogen) atoms. The summed E-state index contributed by atoms with van der Waals surface area (Å²) >= 11 is 0. The Bertz CT molecular complexity index is 898. The van der Waals surface area contributed by atoms with Crippen molar-refractivity contribution in [1.82, 2.24) is 0 Å². The number of rotatable bonds is 5. The molecule has 0 saturated heterocycles. The third kappa shape index (κ3) is 3.63. The second kappa shape index (κ2) is 7.09. The molecule has 0 aromatic heterocycles. The Morgan fingerprint density at radius 3 is 2.36 bits per heavy atom. The fourth-order valence-corrected chi connectivity index (χ4v) is 2.56. The average Bonchev–Trinajstić information content (AvgIpc) is 2.62. The minimum atomic E-state index is -0.321. The quantitative estimate of drug-likeness (QED) is 0.665. The average molecular weight is 334 g/mol. The predicted molar refractivity (Wildman–Crippen MR) is 95.5 cm³/mol. The second-order valence-corrected chi connectivity index (χ2v) is 5.62. The summed E-state index contributed by atoms with van der Waals surface area (Å²) in [4.78, 5) is 12.5. The van der Waals surface area contributed by atoms with Gasteiger partial charge >= 0.3 is 0 Å². The molecule has 0 aliphatic rings. The predicted octanol–water partition coefficient (Wildman–Crippen LogP) is 4.68. The number of ether oxygens (including phenoxy) is 1. The van der Waals surface area contributed by atoms with Crippen molar-refractivity contribution in [3.8, 4) is 23.0 Å². The number of ketones is 1. The summed E-state index contributed by atoms with van der Waals surface area (Å²) in [5.41, 5.74) is 1.68. The van der Waals surface area contributed by atoms with Crippen LogP contribution in [0.1, 0.15) is 28.4 Å². The highest BCUT2D eigenvalue weighted by molar-refractivity contribution is 6.10. The van der Waals surface area contributed by atoms with E-state index in [2.05, 4.69) is 6.92 Å². The number of hydrogen-bond acceptors (Lipinski definition) is 4. The lowest BCUT2D eigenvalue weighted by Crippen LogP contribution is -2.01. The zero-order valence-corrected chi connectivity index (χ0v) is 13.8. The van der Waals surface area contributed by atoms with Crippen LogP contribution in [0.15, 0.2) is 66.7 Å². The van der Waals surface area contributed by atoms with Crippen LogP contribution in [0.5, 0.6) is 23.0 Å². The Hall–Kier alpha value is -3.27. The molecule has 3 aromatic rings. The van der Waals surface area contributed by atoms with Crippen molar-refractivity contribution in [1.29, 1.82) is 0 Å². The molecule has 3 aromatic carbocycles. The maximum absolute atomic E-state index is 12.5. The third-order valence-corrected chi connectivity index (χ3v) is 3.92. The number of aryl methyl sites for hydroxylation is 1. The number of aromatic hydroxyl groups is 2. The molecule has 0 atom stereocenters. The van der Waals surface area contributed by atoms with E-state index >= 15 is 0 Å². The van der Waals surface area contributed by atoms with Crippen LogP contribution in [0.2, 0.25) is 0 Å². The monoisotopic (exact) mass is 334 g/mol. The summed E-state index contributed by atoms with van der Waals surface area (Å²) in [6, 6.07) is 18.5. The van der Waals surface area contributed by atoms with Crippen molar-refractivity contribution in [2.75, 3.05) is 0 Å². The van der Waals surface area contributed by atoms with Gasteiger partial charge in [-0.1, -0.05) is 25.1 Å². The fraction of sp³-hybridized carbons (Fsp3) is 0.0952. The van der Waals surface area contributed by atoms with Gasteiger partial charge in [0.1, 0.15) is 23.0 Å². The van der Waals surface area contributed by atoms with Crippen LogP contribution in [0.25, 0.3) is 0 Å². The first kappa shape index (κ1) is 16.6. The van der Waals surface area contributed by atoms with Crippen LogP contribution in [-0.2, 0) is 6.42 Å². The molecule has 2 N–H and O–H groups in total. The zero-order chi connectivity index (χ0) is 17.8. The van der Waals surface area contributed by atoms with Crippen LogP contribution >= 0.6 is 0 Å². The van der Waals surface area contributed by atoms with Gasteiger partial charge in [0.15, 0.2) is 5.78 Å². The smallest absolute Gasteiger partial charge is 0.196 e. The molecule has 0 radical (unpaired) electrons. The van der Waals surface area contributed by atoms with Crippen molar-refractivity contribution in [3.05, 3.63) is 83.4 Å². The lowest BCUT2D eigenvalue weighted by Gasteiger charge is -2.10. The zero-order valence-electron chi connectivity index (χ0n) is 13.8. The van der Waals surface area contributed by atoms with Crippen LogP contribution in [0.4, 0.5) is 0 Å². The van der Waals surface area contributed by atoms with Crippen molar-refractivity contribution < 1.29 is 19.7 Å². The van der Waals surface area contributed by atoms with Crippen LogP contribution < -0.4 is 4.74 Å². The summed E-state index contributed by atoms with van der Waals surface area (Å²) in [5.74, 6) is 0.764. The Morgan fingerprint density at radius 1 is 0.960 bits per heavy atom. The van der Waals surface area contributed by atoms with Gasteiger partial charge in [0, 0.05) is 11.6 Å². The second-order valence-electron chi connectivity index (χ2n) is 5.62. The number of para-hydroxylation sites is 1. The van der Waals surface area contributed by atoms with E-state index in [1.54, 1.807) is 24.3 Å². The molecule has 0 aliphatic heterocycles. The SMILES string of the molecule is CCc1ccccc1Oc1ccc(C(=O)c2ccc(O)cc2O)cc1. The molecule has 0 fully saturated rings. The Balaban J connectivity index is 1.81. The van der Waals surface area contributed by atoms with Gasteiger partial charge in [0.25, 0.3) is 0 Å². The van der Waals surface area contributed by atoms with Gasteiger partial charge in [-0.3, -0.25) is 4.79 Å². The molecule has 0 heterocycles. The van der Waals surface area contributed by atoms with Crippen molar-refractivity contribution >= 4 is 5.78 Å². The van der Waals surface area contributed by atoms with Gasteiger partial charge in [-0.2, -0.15) is 0 Å². The van der Waals surface area contributed by atoms with Crippen molar-refractivity contribution in [2.45, 2.75) is 13.3 Å². The molecule has 0 spiro atoms. The topological polar surface area (TPSA) is 66.8 Å². The van der Waals surface area contributed by atoms with E-state index in [9.17, 15) is 15.0 Å². The third-order valence-electron chi connectivity index (χ3n) is 3.92. The van der Waals surface area contributed by atoms with E-state index in [0.717, 1.165) is 23.8 Å². The summed E-state index contributed by atoms with van der Waals surface area (Å²) in [6.07, 6.45) is 0.868. The molecule has 0 bridgehead atoms. The minimum absolute atomic E-state index is 0.0904. The lowest BCUT2D eigenvalue weighted by atomic mass is 10.0. The highest BCUT2D eigenvalue weighted by Crippen LogP contribution is 2.28. The summed E-state index contributed by atoms with van der Waals surface area (Å²) in [7, 11) is 0. The number of carbonyl (C=O) groups excluding carboxylic acids is 1. The molecule has 0 unspecified atom stereocenters. The molecule has 126 valence electrons. The molecule has 0 amide bonds. The maximum atomic E-state index is 12.5. The number of hydrogen-bond donors (Lipinski definition) is 2. The van der Waals surface area contributed by atoms with Gasteiger partial charge in [-0.15, -0.1) is 0 Å².